The quantitative estimate of drug-likeness (QED) is 0.0671. The highest BCUT2D eigenvalue weighted by molar-refractivity contribution is 5.96. The molecule has 2 heterocycles. The van der Waals surface area contributed by atoms with Crippen LogP contribution in [-0.2, 0) is 68.8 Å². The highest BCUT2D eigenvalue weighted by Gasteiger charge is 2.48. The molecule has 3 aromatic rings. The molecule has 0 spiro atoms. The molecule has 3 aliphatic rings. The second kappa shape index (κ2) is 27.1. The van der Waals surface area contributed by atoms with Crippen LogP contribution in [0.4, 0.5) is 9.59 Å². The van der Waals surface area contributed by atoms with E-state index in [-0.39, 0.29) is 44.3 Å². The molecule has 6 rings (SSSR count). The van der Waals surface area contributed by atoms with Gasteiger partial charge in [-0.15, -0.1) is 0 Å². The summed E-state index contributed by atoms with van der Waals surface area (Å²) in [4.78, 5) is 119. The van der Waals surface area contributed by atoms with Gasteiger partial charge in [0.1, 0.15) is 47.6 Å². The summed E-state index contributed by atoms with van der Waals surface area (Å²) in [6.07, 6.45) is 0.0154. The smallest absolute Gasteiger partial charge is 0.410 e. The number of hydrogen-bond acceptors (Lipinski definition) is 13. The van der Waals surface area contributed by atoms with E-state index < -0.39 is 118 Å². The highest BCUT2D eigenvalue weighted by Crippen LogP contribution is 2.39. The van der Waals surface area contributed by atoms with Crippen LogP contribution in [0, 0.1) is 10.8 Å². The van der Waals surface area contributed by atoms with Gasteiger partial charge < -0.3 is 45.5 Å². The topological polar surface area (TPSA) is 246 Å². The van der Waals surface area contributed by atoms with Crippen molar-refractivity contribution < 1.29 is 57.7 Å². The summed E-state index contributed by atoms with van der Waals surface area (Å²) in [5.74, 6) is -3.80. The van der Waals surface area contributed by atoms with Gasteiger partial charge >= 0.3 is 18.2 Å². The molecular formula is C65H94N8O12. The van der Waals surface area contributed by atoms with Crippen molar-refractivity contribution in [1.82, 2.24) is 40.9 Å². The molecule has 1 saturated heterocycles. The number of carbonyl (C=O) groups excluding carboxylic acids is 8. The van der Waals surface area contributed by atoms with Gasteiger partial charge in [0.25, 0.3) is 0 Å². The summed E-state index contributed by atoms with van der Waals surface area (Å²) < 4.78 is 16.3. The molecule has 1 aliphatic carbocycles. The van der Waals surface area contributed by atoms with E-state index in [1.54, 1.807) is 74.1 Å². The second-order valence-corrected chi connectivity index (χ2v) is 27.4. The molecule has 85 heavy (non-hydrogen) atoms. The van der Waals surface area contributed by atoms with Gasteiger partial charge in [-0.2, -0.15) is 0 Å². The number of amides is 7. The predicted octanol–water partition coefficient (Wildman–Crippen LogP) is 7.08. The first-order chi connectivity index (χ1) is 39.5. The third-order valence-corrected chi connectivity index (χ3v) is 16.4. The number of ether oxygens (including phenoxy) is 3. The Morgan fingerprint density at radius 3 is 1.82 bits per heavy atom. The van der Waals surface area contributed by atoms with Crippen molar-refractivity contribution in [3.63, 3.8) is 0 Å². The number of aliphatic hydroxyl groups excluding tert-OH is 1. The SMILES string of the molecule is COC(=O)C(Cc1ccccc1)NC(=O)[C@@H]1CC(c2ccc3c(c2)CN(C(O)C(NC(=O)[C@@H](C)N(C)C(=O)OC(C)(C)C)C(C)(C)C)C(C(=O)NC2CCCc4ccccc42)C3)CN1C(=O)C(NC(=O)[C@H](C)N(C)C(=O)OC(C)(C)C)C(C)(C)C. The van der Waals surface area contributed by atoms with Crippen LogP contribution in [0.25, 0.3) is 0 Å². The molecule has 1 fully saturated rings. The van der Waals surface area contributed by atoms with E-state index in [0.29, 0.717) is 0 Å². The Kier molecular flexibility index (Phi) is 21.4. The summed E-state index contributed by atoms with van der Waals surface area (Å²) in [5.41, 5.74) is 1.95. The third-order valence-electron chi connectivity index (χ3n) is 16.4. The molecular weight excluding hydrogens is 1080 g/mol. The molecule has 0 radical (unpaired) electrons. The number of likely N-dealkylation sites (N-methyl/N-ethyl adjacent to an activating group) is 2. The first kappa shape index (κ1) is 67.1. The molecule has 20 heteroatoms. The molecule has 10 atom stereocenters. The second-order valence-electron chi connectivity index (χ2n) is 27.4. The molecule has 5 N–H and O–H groups in total. The van der Waals surface area contributed by atoms with Crippen LogP contribution in [0.5, 0.6) is 0 Å². The van der Waals surface area contributed by atoms with E-state index >= 15 is 4.79 Å². The Labute approximate surface area is 502 Å². The number of likely N-dealkylation sites (tertiary alicyclic amines) is 1. The standard InChI is InChI=1S/C65H94N8O12/c1-38(70(15)60(81)84-64(9,10)11)53(74)68-51(62(3,4)5)57(78)72-36-44-33-42(30-31-43(44)34-49(72)55(76)66-47-29-23-27-41-26-21-22-28-46(41)47)45-35-50(56(77)67-48(59(80)83-17)32-40-24-19-18-20-25-40)73(37-45)58(79)52(63(6,7)8)69-54(75)39(2)71(16)61(82)85-65(12,13)14/h18-22,24-26,28,30-31,33,38-39,45,47-52,57,78H,23,27,29,32,34-37H2,1-17H3,(H,66,76)(H,67,77)(H,68,74)(H,69,75)/t38-,39+,45?,47?,48?,49?,50+,51?,52?,57?/m1/s1. The van der Waals surface area contributed by atoms with E-state index in [1.807, 2.05) is 87.5 Å². The van der Waals surface area contributed by atoms with Crippen LogP contribution < -0.4 is 21.3 Å². The minimum Gasteiger partial charge on any atom is -0.467 e. The largest absolute Gasteiger partial charge is 0.467 e. The molecule has 7 unspecified atom stereocenters. The van der Waals surface area contributed by atoms with Crippen LogP contribution in [0.1, 0.15) is 162 Å². The van der Waals surface area contributed by atoms with Gasteiger partial charge in [-0.05, 0) is 132 Å². The van der Waals surface area contributed by atoms with Gasteiger partial charge in [-0.3, -0.25) is 38.7 Å². The Bertz CT molecular complexity index is 2910. The predicted molar refractivity (Wildman–Crippen MR) is 322 cm³/mol. The summed E-state index contributed by atoms with van der Waals surface area (Å²) in [6.45, 7) is 24.5. The lowest BCUT2D eigenvalue weighted by atomic mass is 9.82. The number of aliphatic hydroxyl groups is 1. The molecule has 3 aromatic carbocycles. The van der Waals surface area contributed by atoms with Crippen molar-refractivity contribution in [3.05, 3.63) is 106 Å². The summed E-state index contributed by atoms with van der Waals surface area (Å²) in [5, 5.41) is 25.1. The zero-order valence-electron chi connectivity index (χ0n) is 53.1. The van der Waals surface area contributed by atoms with Gasteiger partial charge in [-0.1, -0.05) is 114 Å². The van der Waals surface area contributed by atoms with Crippen LogP contribution in [0.15, 0.2) is 72.8 Å². The number of esters is 1. The minimum atomic E-state index is -1.45. The number of nitrogens with one attached hydrogen (secondary N) is 4. The minimum absolute atomic E-state index is 0.0153. The average molecular weight is 1180 g/mol. The normalized spacial score (nSPS) is 20.3. The summed E-state index contributed by atoms with van der Waals surface area (Å²) >= 11 is 0. The van der Waals surface area contributed by atoms with Gasteiger partial charge in [0.2, 0.25) is 29.5 Å². The number of nitrogens with zero attached hydrogens (tertiary/aromatic N) is 4. The summed E-state index contributed by atoms with van der Waals surface area (Å²) in [6, 6.07) is 15.3. The molecule has 0 aromatic heterocycles. The van der Waals surface area contributed by atoms with Crippen LogP contribution in [0.3, 0.4) is 0 Å². The van der Waals surface area contributed by atoms with Crippen LogP contribution >= 0.6 is 0 Å². The monoisotopic (exact) mass is 1180 g/mol. The number of fused-ring (bicyclic) bond motifs is 2. The summed E-state index contributed by atoms with van der Waals surface area (Å²) in [7, 11) is 4.15. The van der Waals surface area contributed by atoms with Crippen molar-refractivity contribution in [2.45, 2.75) is 214 Å². The Morgan fingerprint density at radius 1 is 0.682 bits per heavy atom. The van der Waals surface area contributed by atoms with Crippen molar-refractivity contribution in [2.75, 3.05) is 27.7 Å². The molecule has 0 saturated carbocycles. The maximum atomic E-state index is 15.4. The van der Waals surface area contributed by atoms with Gasteiger partial charge in [-0.25, -0.2) is 14.4 Å². The third kappa shape index (κ3) is 17.1. The lowest BCUT2D eigenvalue weighted by Crippen LogP contribution is -2.64. The lowest BCUT2D eigenvalue weighted by Gasteiger charge is -2.46. The number of methoxy groups -OCH3 is 1. The Balaban J connectivity index is 1.37. The van der Waals surface area contributed by atoms with E-state index in [9.17, 15) is 38.7 Å². The Morgan fingerprint density at radius 2 is 1.26 bits per heavy atom. The Hall–Kier alpha value is -7.06. The maximum absolute atomic E-state index is 15.4. The number of aryl methyl sites for hydroxylation is 1. The van der Waals surface area contributed by atoms with E-state index in [0.717, 1.165) is 57.5 Å². The van der Waals surface area contributed by atoms with Gasteiger partial charge in [0, 0.05) is 39.5 Å². The highest BCUT2D eigenvalue weighted by atomic mass is 16.6. The van der Waals surface area contributed by atoms with Crippen molar-refractivity contribution >= 4 is 47.7 Å². The fourth-order valence-corrected chi connectivity index (χ4v) is 11.2. The van der Waals surface area contributed by atoms with Gasteiger partial charge in [0.15, 0.2) is 0 Å². The first-order valence-corrected chi connectivity index (χ1v) is 29.7. The van der Waals surface area contributed by atoms with Gasteiger partial charge in [0.05, 0.1) is 25.2 Å². The maximum Gasteiger partial charge on any atom is 0.410 e. The fraction of sp³-hybridized carbons (Fsp3) is 0.600. The number of carbonyl (C=O) groups is 8. The molecule has 20 nitrogen and oxygen atoms in total. The number of hydrogen-bond donors (Lipinski definition) is 5. The number of benzene rings is 3. The lowest BCUT2D eigenvalue weighted by molar-refractivity contribution is -0.147. The van der Waals surface area contributed by atoms with Crippen LogP contribution in [0.2, 0.25) is 0 Å². The first-order valence-electron chi connectivity index (χ1n) is 29.7. The molecule has 0 bridgehead atoms. The molecule has 7 amide bonds. The van der Waals surface area contributed by atoms with Crippen molar-refractivity contribution in [3.8, 4) is 0 Å². The van der Waals surface area contributed by atoms with E-state index in [1.165, 1.54) is 37.9 Å². The van der Waals surface area contributed by atoms with Crippen LogP contribution in [-0.4, -0.2) is 160 Å². The van der Waals surface area contributed by atoms with E-state index in [4.69, 9.17) is 14.2 Å². The van der Waals surface area contributed by atoms with E-state index in [2.05, 4.69) is 27.3 Å². The van der Waals surface area contributed by atoms with Crippen molar-refractivity contribution in [2.24, 2.45) is 10.8 Å². The zero-order valence-corrected chi connectivity index (χ0v) is 53.1. The fourth-order valence-electron chi connectivity index (χ4n) is 11.2. The van der Waals surface area contributed by atoms with Crippen molar-refractivity contribution in [1.29, 1.82) is 0 Å². The zero-order chi connectivity index (χ0) is 63.3. The average Bonchev–Trinajstić information content (AvgIpc) is 2.37. The molecule has 466 valence electrons. The number of rotatable bonds is 17. The molecule has 2 aliphatic heterocycles.